The maximum absolute atomic E-state index is 12.8. The summed E-state index contributed by atoms with van der Waals surface area (Å²) in [5.41, 5.74) is 0.504. The topological polar surface area (TPSA) is 87.0 Å². The van der Waals surface area contributed by atoms with E-state index >= 15 is 0 Å². The smallest absolute Gasteiger partial charge is 0.388 e. The standard InChI is InChI=1S/C12H9FN4O3/c1-7-14-10(20-16-7)6-17-12(18)19-11(15-17)8-2-4-9(13)5-3-8/h2-5H,6H2,1H3. The van der Waals surface area contributed by atoms with Gasteiger partial charge in [-0.3, -0.25) is 0 Å². The van der Waals surface area contributed by atoms with Crippen LogP contribution in [0.15, 0.2) is 38.0 Å². The fourth-order valence-electron chi connectivity index (χ4n) is 1.65. The minimum atomic E-state index is -0.653. The number of aromatic nitrogens is 4. The summed E-state index contributed by atoms with van der Waals surface area (Å²) in [7, 11) is 0. The van der Waals surface area contributed by atoms with Crippen molar-refractivity contribution in [3.8, 4) is 11.5 Å². The van der Waals surface area contributed by atoms with Gasteiger partial charge < -0.3 is 8.94 Å². The van der Waals surface area contributed by atoms with E-state index in [0.717, 1.165) is 4.68 Å². The fourth-order valence-corrected chi connectivity index (χ4v) is 1.65. The lowest BCUT2D eigenvalue weighted by Gasteiger charge is -1.93. The van der Waals surface area contributed by atoms with Crippen LogP contribution in [0.1, 0.15) is 11.7 Å². The van der Waals surface area contributed by atoms with Gasteiger partial charge in [-0.25, -0.2) is 9.18 Å². The highest BCUT2D eigenvalue weighted by Crippen LogP contribution is 2.15. The lowest BCUT2D eigenvalue weighted by atomic mass is 10.2. The van der Waals surface area contributed by atoms with Crippen LogP contribution in [-0.2, 0) is 6.54 Å². The highest BCUT2D eigenvalue weighted by Gasteiger charge is 2.13. The van der Waals surface area contributed by atoms with Crippen LogP contribution in [0.2, 0.25) is 0 Å². The van der Waals surface area contributed by atoms with Crippen molar-refractivity contribution in [3.05, 3.63) is 52.3 Å². The van der Waals surface area contributed by atoms with Gasteiger partial charge in [0.05, 0.1) is 0 Å². The number of nitrogens with zero attached hydrogens (tertiary/aromatic N) is 4. The Kier molecular flexibility index (Phi) is 2.90. The Morgan fingerprint density at radius 2 is 2.05 bits per heavy atom. The lowest BCUT2D eigenvalue weighted by Crippen LogP contribution is -2.16. The molecule has 8 heteroatoms. The van der Waals surface area contributed by atoms with Gasteiger partial charge in [-0.1, -0.05) is 5.16 Å². The van der Waals surface area contributed by atoms with Gasteiger partial charge in [-0.15, -0.1) is 5.10 Å². The molecule has 2 heterocycles. The average Bonchev–Trinajstić information content (AvgIpc) is 2.98. The molecule has 0 aliphatic carbocycles. The molecule has 0 radical (unpaired) electrons. The summed E-state index contributed by atoms with van der Waals surface area (Å²) < 4.78 is 23.8. The largest absolute Gasteiger partial charge is 0.437 e. The summed E-state index contributed by atoms with van der Waals surface area (Å²) in [6.07, 6.45) is 0. The van der Waals surface area contributed by atoms with Gasteiger partial charge in [0.1, 0.15) is 12.4 Å². The van der Waals surface area contributed by atoms with Crippen LogP contribution in [0, 0.1) is 12.7 Å². The highest BCUT2D eigenvalue weighted by molar-refractivity contribution is 5.51. The van der Waals surface area contributed by atoms with Gasteiger partial charge in [0.2, 0.25) is 11.8 Å². The molecule has 0 aliphatic heterocycles. The predicted octanol–water partition coefficient (Wildman–Crippen LogP) is 1.38. The molecule has 0 fully saturated rings. The van der Waals surface area contributed by atoms with Crippen LogP contribution in [0.5, 0.6) is 0 Å². The number of rotatable bonds is 3. The van der Waals surface area contributed by atoms with Crippen LogP contribution in [0.3, 0.4) is 0 Å². The first kappa shape index (κ1) is 12.3. The molecule has 2 aromatic heterocycles. The summed E-state index contributed by atoms with van der Waals surface area (Å²) in [5.74, 6) is -0.206. The quantitative estimate of drug-likeness (QED) is 0.718. The first-order chi connectivity index (χ1) is 9.61. The maximum Gasteiger partial charge on any atom is 0.437 e. The zero-order chi connectivity index (χ0) is 14.1. The van der Waals surface area contributed by atoms with Crippen molar-refractivity contribution in [2.45, 2.75) is 13.5 Å². The van der Waals surface area contributed by atoms with E-state index in [-0.39, 0.29) is 24.1 Å². The molecule has 20 heavy (non-hydrogen) atoms. The van der Waals surface area contributed by atoms with Crippen LogP contribution in [0.4, 0.5) is 4.39 Å². The van der Waals surface area contributed by atoms with Gasteiger partial charge >= 0.3 is 5.76 Å². The van der Waals surface area contributed by atoms with Crippen molar-refractivity contribution in [1.82, 2.24) is 19.9 Å². The minimum Gasteiger partial charge on any atom is -0.388 e. The van der Waals surface area contributed by atoms with Crippen molar-refractivity contribution in [2.75, 3.05) is 0 Å². The second kappa shape index (κ2) is 4.72. The molecule has 0 spiro atoms. The van der Waals surface area contributed by atoms with E-state index in [1.54, 1.807) is 6.92 Å². The molecule has 0 N–H and O–H groups in total. The van der Waals surface area contributed by atoms with Crippen LogP contribution >= 0.6 is 0 Å². The summed E-state index contributed by atoms with van der Waals surface area (Å²) in [5, 5.41) is 7.62. The second-order valence-corrected chi connectivity index (χ2v) is 4.07. The molecule has 0 aliphatic rings. The van der Waals surface area contributed by atoms with E-state index in [1.165, 1.54) is 24.3 Å². The van der Waals surface area contributed by atoms with Gasteiger partial charge in [0.25, 0.3) is 0 Å². The molecule has 1 aromatic carbocycles. The van der Waals surface area contributed by atoms with Crippen molar-refractivity contribution >= 4 is 0 Å². The van der Waals surface area contributed by atoms with Crippen molar-refractivity contribution < 1.29 is 13.3 Å². The van der Waals surface area contributed by atoms with Crippen molar-refractivity contribution in [2.24, 2.45) is 0 Å². The zero-order valence-corrected chi connectivity index (χ0v) is 10.4. The number of benzene rings is 1. The molecule has 3 aromatic rings. The maximum atomic E-state index is 12.8. The molecule has 0 amide bonds. The molecule has 0 unspecified atom stereocenters. The summed E-state index contributed by atoms with van der Waals surface area (Å²) in [4.78, 5) is 15.6. The zero-order valence-electron chi connectivity index (χ0n) is 10.4. The highest BCUT2D eigenvalue weighted by atomic mass is 19.1. The van der Waals surface area contributed by atoms with Gasteiger partial charge in [-0.05, 0) is 31.2 Å². The number of hydrogen-bond acceptors (Lipinski definition) is 6. The molecule has 0 bridgehead atoms. The molecule has 102 valence electrons. The van der Waals surface area contributed by atoms with E-state index in [4.69, 9.17) is 8.94 Å². The van der Waals surface area contributed by atoms with Gasteiger partial charge in [0, 0.05) is 5.56 Å². The second-order valence-electron chi connectivity index (χ2n) is 4.07. The van der Waals surface area contributed by atoms with Gasteiger partial charge in [-0.2, -0.15) is 9.67 Å². The number of aryl methyl sites for hydroxylation is 1. The fraction of sp³-hybridized carbons (Fsp3) is 0.167. The van der Waals surface area contributed by atoms with E-state index in [2.05, 4.69) is 15.2 Å². The molecule has 7 nitrogen and oxygen atoms in total. The SMILES string of the molecule is Cc1noc(Cn2nc(-c3ccc(F)cc3)oc2=O)n1. The van der Waals surface area contributed by atoms with Crippen molar-refractivity contribution in [3.63, 3.8) is 0 Å². The average molecular weight is 276 g/mol. The molecule has 0 saturated heterocycles. The Morgan fingerprint density at radius 3 is 2.70 bits per heavy atom. The Bertz CT molecular complexity index is 788. The van der Waals surface area contributed by atoms with Crippen LogP contribution < -0.4 is 5.76 Å². The Labute approximate surface area is 111 Å². The van der Waals surface area contributed by atoms with Crippen LogP contribution in [-0.4, -0.2) is 19.9 Å². The molecule has 0 atom stereocenters. The first-order valence-corrected chi connectivity index (χ1v) is 5.75. The third-order valence-electron chi connectivity index (χ3n) is 2.55. The Morgan fingerprint density at radius 1 is 1.30 bits per heavy atom. The number of halogens is 1. The normalized spacial score (nSPS) is 10.9. The van der Waals surface area contributed by atoms with Crippen molar-refractivity contribution in [1.29, 1.82) is 0 Å². The third kappa shape index (κ3) is 2.35. The monoisotopic (exact) mass is 276 g/mol. The van der Waals surface area contributed by atoms with E-state index in [9.17, 15) is 9.18 Å². The third-order valence-corrected chi connectivity index (χ3v) is 2.55. The van der Waals surface area contributed by atoms with Crippen LogP contribution in [0.25, 0.3) is 11.5 Å². The molecule has 3 rings (SSSR count). The van der Waals surface area contributed by atoms with E-state index in [0.29, 0.717) is 11.4 Å². The minimum absolute atomic E-state index is 0.0182. The first-order valence-electron chi connectivity index (χ1n) is 5.75. The van der Waals surface area contributed by atoms with E-state index in [1.807, 2.05) is 0 Å². The Hall–Kier alpha value is -2.77. The van der Waals surface area contributed by atoms with E-state index < -0.39 is 5.76 Å². The predicted molar refractivity (Wildman–Crippen MR) is 64.3 cm³/mol. The summed E-state index contributed by atoms with van der Waals surface area (Å²) in [6.45, 7) is 1.69. The summed E-state index contributed by atoms with van der Waals surface area (Å²) >= 11 is 0. The number of hydrogen-bond donors (Lipinski definition) is 0. The lowest BCUT2D eigenvalue weighted by molar-refractivity contribution is 0.357. The van der Waals surface area contributed by atoms with Gasteiger partial charge in [0.15, 0.2) is 5.82 Å². The molecule has 0 saturated carbocycles. The molecular weight excluding hydrogens is 267 g/mol. The Balaban J connectivity index is 1.91. The molecular formula is C12H9FN4O3. The summed E-state index contributed by atoms with van der Waals surface area (Å²) in [6, 6.07) is 5.47.